The molecule has 1 saturated heterocycles. The van der Waals surface area contributed by atoms with Gasteiger partial charge >= 0.3 is 0 Å². The number of benzene rings is 5. The van der Waals surface area contributed by atoms with Crippen molar-refractivity contribution in [2.75, 3.05) is 19.7 Å². The summed E-state index contributed by atoms with van der Waals surface area (Å²) in [4.78, 5) is 2.33. The number of halogens is 1. The number of nitrogens with zero attached hydrogens (tertiary/aromatic N) is 1. The van der Waals surface area contributed by atoms with Crippen molar-refractivity contribution < 1.29 is 14.2 Å². The molecule has 41 heavy (non-hydrogen) atoms. The largest absolute Gasteiger partial charge is 0.382 e. The number of hydrogen-bond donors (Lipinski definition) is 1. The minimum atomic E-state index is -1.36. The molecule has 0 aromatic heterocycles. The molecule has 1 fully saturated rings. The third-order valence-corrected chi connectivity index (χ3v) is 8.04. The van der Waals surface area contributed by atoms with E-state index < -0.39 is 11.7 Å². The van der Waals surface area contributed by atoms with Gasteiger partial charge in [0.1, 0.15) is 17.5 Å². The number of rotatable bonds is 8. The molecular weight excluding hydrogens is 509 g/mol. The van der Waals surface area contributed by atoms with Crippen molar-refractivity contribution in [1.82, 2.24) is 4.90 Å². The molecule has 6 rings (SSSR count). The topological polar surface area (TPSA) is 32.7 Å². The molecule has 0 spiro atoms. The van der Waals surface area contributed by atoms with Gasteiger partial charge in [-0.15, -0.1) is 0 Å². The van der Waals surface area contributed by atoms with Gasteiger partial charge in [0.25, 0.3) is 0 Å². The van der Waals surface area contributed by atoms with Gasteiger partial charge < -0.3 is 9.84 Å². The fourth-order valence-corrected chi connectivity index (χ4v) is 5.86. The van der Waals surface area contributed by atoms with Crippen LogP contribution in [0.3, 0.4) is 0 Å². The average Bonchev–Trinajstić information content (AvgIpc) is 3.03. The van der Waals surface area contributed by atoms with E-state index in [1.807, 2.05) is 72.8 Å². The van der Waals surface area contributed by atoms with Crippen molar-refractivity contribution in [1.29, 1.82) is 0 Å². The normalized spacial score (nSPS) is 17.2. The van der Waals surface area contributed by atoms with E-state index in [9.17, 15) is 9.50 Å². The molecule has 206 valence electrons. The van der Waals surface area contributed by atoms with Crippen LogP contribution in [-0.2, 0) is 23.3 Å². The standard InChI is InChI=1S/C37H34FNO2/c38-34-20-21-35(31-18-16-30(17-19-31)29-12-6-2-7-13-29)32(24-34)25-37(40,33-14-8-3-9-15-33)36-27-39(22-23-41-36)26-28-10-4-1-5-11-28/h1-21,24,36,40H,22-23,25-27H2. The SMILES string of the molecule is OC(Cc1cc(F)ccc1-c1ccc(-c2ccccc2)cc1)(c1ccccc1)C1CN(Cc2ccccc2)CCO1. The van der Waals surface area contributed by atoms with Gasteiger partial charge in [-0.2, -0.15) is 0 Å². The molecular formula is C37H34FNO2. The second-order valence-electron chi connectivity index (χ2n) is 10.8. The van der Waals surface area contributed by atoms with Crippen LogP contribution in [0.1, 0.15) is 16.7 Å². The Balaban J connectivity index is 1.33. The van der Waals surface area contributed by atoms with E-state index in [0.717, 1.165) is 46.5 Å². The van der Waals surface area contributed by atoms with Gasteiger partial charge in [0, 0.05) is 26.1 Å². The summed E-state index contributed by atoms with van der Waals surface area (Å²) in [6.45, 7) is 2.65. The van der Waals surface area contributed by atoms with Crippen molar-refractivity contribution in [2.24, 2.45) is 0 Å². The molecule has 5 aromatic carbocycles. The first-order valence-electron chi connectivity index (χ1n) is 14.2. The van der Waals surface area contributed by atoms with Gasteiger partial charge in [-0.1, -0.05) is 121 Å². The zero-order chi connectivity index (χ0) is 28.1. The molecule has 5 aromatic rings. The van der Waals surface area contributed by atoms with Crippen molar-refractivity contribution in [3.63, 3.8) is 0 Å². The first kappa shape index (κ1) is 27.1. The lowest BCUT2D eigenvalue weighted by molar-refractivity contribution is -0.149. The van der Waals surface area contributed by atoms with E-state index in [1.165, 1.54) is 11.6 Å². The minimum absolute atomic E-state index is 0.217. The van der Waals surface area contributed by atoms with Crippen LogP contribution in [0.4, 0.5) is 4.39 Å². The van der Waals surface area contributed by atoms with Gasteiger partial charge in [0.15, 0.2) is 0 Å². The van der Waals surface area contributed by atoms with E-state index in [4.69, 9.17) is 4.74 Å². The van der Waals surface area contributed by atoms with Crippen molar-refractivity contribution in [2.45, 2.75) is 24.7 Å². The number of ether oxygens (including phenoxy) is 1. The van der Waals surface area contributed by atoms with Crippen molar-refractivity contribution >= 4 is 0 Å². The van der Waals surface area contributed by atoms with E-state index in [1.54, 1.807) is 6.07 Å². The zero-order valence-electron chi connectivity index (χ0n) is 23.0. The van der Waals surface area contributed by atoms with Gasteiger partial charge in [0.05, 0.1) is 6.61 Å². The van der Waals surface area contributed by atoms with Crippen molar-refractivity contribution in [3.05, 3.63) is 156 Å². The maximum Gasteiger partial charge on any atom is 0.123 e. The fourth-order valence-electron chi connectivity index (χ4n) is 5.86. The highest BCUT2D eigenvalue weighted by Gasteiger charge is 2.42. The van der Waals surface area contributed by atoms with Gasteiger partial charge in [0.2, 0.25) is 0 Å². The molecule has 0 aliphatic carbocycles. The van der Waals surface area contributed by atoms with E-state index >= 15 is 0 Å². The maximum absolute atomic E-state index is 14.8. The van der Waals surface area contributed by atoms with Crippen LogP contribution in [0.2, 0.25) is 0 Å². The molecule has 4 heteroatoms. The quantitative estimate of drug-likeness (QED) is 0.220. The van der Waals surface area contributed by atoms with Gasteiger partial charge in [-0.25, -0.2) is 4.39 Å². The van der Waals surface area contributed by atoms with Crippen molar-refractivity contribution in [3.8, 4) is 22.3 Å². The monoisotopic (exact) mass is 543 g/mol. The summed E-state index contributed by atoms with van der Waals surface area (Å²) in [6, 6.07) is 43.4. The summed E-state index contributed by atoms with van der Waals surface area (Å²) in [5, 5.41) is 12.5. The molecule has 1 aliphatic rings. The first-order valence-corrected chi connectivity index (χ1v) is 14.2. The molecule has 0 saturated carbocycles. The highest BCUT2D eigenvalue weighted by molar-refractivity contribution is 5.72. The van der Waals surface area contributed by atoms with Crippen LogP contribution in [0, 0.1) is 5.82 Å². The predicted molar refractivity (Wildman–Crippen MR) is 163 cm³/mol. The Labute approximate surface area is 241 Å². The molecule has 0 amide bonds. The fraction of sp³-hybridized carbons (Fsp3) is 0.189. The van der Waals surface area contributed by atoms with E-state index in [0.29, 0.717) is 13.2 Å². The molecule has 0 bridgehead atoms. The maximum atomic E-state index is 14.8. The Bertz CT molecular complexity index is 1560. The number of morpholine rings is 1. The lowest BCUT2D eigenvalue weighted by Gasteiger charge is -2.43. The third-order valence-electron chi connectivity index (χ3n) is 8.04. The zero-order valence-corrected chi connectivity index (χ0v) is 23.0. The minimum Gasteiger partial charge on any atom is -0.382 e. The summed E-state index contributed by atoms with van der Waals surface area (Å²) < 4.78 is 21.0. The molecule has 1 heterocycles. The summed E-state index contributed by atoms with van der Waals surface area (Å²) in [6.07, 6.45) is -0.270. The number of aliphatic hydroxyl groups is 1. The van der Waals surface area contributed by atoms with Crippen LogP contribution in [-0.4, -0.2) is 35.8 Å². The molecule has 3 nitrogen and oxygen atoms in total. The van der Waals surface area contributed by atoms with Crippen LogP contribution in [0.5, 0.6) is 0 Å². The summed E-state index contributed by atoms with van der Waals surface area (Å²) >= 11 is 0. The summed E-state index contributed by atoms with van der Waals surface area (Å²) in [5.41, 5.74) is 5.52. The third kappa shape index (κ3) is 6.15. The number of hydrogen-bond acceptors (Lipinski definition) is 3. The Morgan fingerprint density at radius 1 is 0.732 bits per heavy atom. The summed E-state index contributed by atoms with van der Waals surface area (Å²) in [7, 11) is 0. The highest BCUT2D eigenvalue weighted by Crippen LogP contribution is 2.37. The highest BCUT2D eigenvalue weighted by atomic mass is 19.1. The summed E-state index contributed by atoms with van der Waals surface area (Å²) in [5.74, 6) is -0.324. The predicted octanol–water partition coefficient (Wildman–Crippen LogP) is 7.49. The molecule has 1 aliphatic heterocycles. The lowest BCUT2D eigenvalue weighted by Crippen LogP contribution is -2.53. The Morgan fingerprint density at radius 2 is 1.34 bits per heavy atom. The smallest absolute Gasteiger partial charge is 0.123 e. The van der Waals surface area contributed by atoms with Gasteiger partial charge in [-0.3, -0.25) is 4.90 Å². The second kappa shape index (κ2) is 12.2. The van der Waals surface area contributed by atoms with Crippen LogP contribution in [0.15, 0.2) is 133 Å². The molecule has 0 radical (unpaired) electrons. The van der Waals surface area contributed by atoms with Crippen LogP contribution in [0.25, 0.3) is 22.3 Å². The average molecular weight is 544 g/mol. The lowest BCUT2D eigenvalue weighted by atomic mass is 9.80. The first-order chi connectivity index (χ1) is 20.1. The van der Waals surface area contributed by atoms with Crippen LogP contribution < -0.4 is 0 Å². The van der Waals surface area contributed by atoms with Crippen LogP contribution >= 0.6 is 0 Å². The molecule has 2 unspecified atom stereocenters. The van der Waals surface area contributed by atoms with E-state index in [-0.39, 0.29) is 12.2 Å². The van der Waals surface area contributed by atoms with Gasteiger partial charge in [-0.05, 0) is 51.1 Å². The Hall–Kier alpha value is -4.09. The Morgan fingerprint density at radius 3 is 2.05 bits per heavy atom. The molecule has 1 N–H and O–H groups in total. The Kier molecular flexibility index (Phi) is 8.06. The van der Waals surface area contributed by atoms with E-state index in [2.05, 4.69) is 53.4 Å². The molecule has 2 atom stereocenters. The second-order valence-corrected chi connectivity index (χ2v) is 10.8.